The molecule has 0 aromatic carbocycles. The Bertz CT molecular complexity index is 287. The number of hydrogen-bond donors (Lipinski definition) is 2. The molecule has 4 nitrogen and oxygen atoms in total. The monoisotopic (exact) mass is 257 g/mol. The van der Waals surface area contributed by atoms with Crippen molar-refractivity contribution in [2.24, 2.45) is 11.3 Å². The molecule has 0 saturated carbocycles. The molecule has 0 heterocycles. The van der Waals surface area contributed by atoms with Crippen LogP contribution in [0.1, 0.15) is 60.3 Å². The number of carbonyl (C=O) groups excluding carboxylic acids is 1. The van der Waals surface area contributed by atoms with Gasteiger partial charge in [0, 0.05) is 12.5 Å². The van der Waals surface area contributed by atoms with E-state index in [0.717, 1.165) is 12.8 Å². The molecule has 0 aromatic rings. The number of carboxylic acid groups (broad SMARTS) is 1. The Morgan fingerprint density at radius 2 is 1.78 bits per heavy atom. The fourth-order valence-corrected chi connectivity index (χ4v) is 2.06. The lowest BCUT2D eigenvalue weighted by Crippen LogP contribution is -2.36. The van der Waals surface area contributed by atoms with Gasteiger partial charge in [0.15, 0.2) is 0 Å². The highest BCUT2D eigenvalue weighted by molar-refractivity contribution is 5.78. The third kappa shape index (κ3) is 8.09. The van der Waals surface area contributed by atoms with E-state index in [1.165, 1.54) is 0 Å². The van der Waals surface area contributed by atoms with Gasteiger partial charge in [-0.25, -0.2) is 0 Å². The molecule has 4 heteroatoms. The Balaban J connectivity index is 4.14. The highest BCUT2D eigenvalue weighted by Crippen LogP contribution is 2.24. The van der Waals surface area contributed by atoms with Crippen LogP contribution in [0.15, 0.2) is 0 Å². The maximum atomic E-state index is 11.8. The van der Waals surface area contributed by atoms with Crippen molar-refractivity contribution >= 4 is 11.9 Å². The molecule has 0 bridgehead atoms. The predicted molar refractivity (Wildman–Crippen MR) is 72.3 cm³/mol. The predicted octanol–water partition coefficient (Wildman–Crippen LogP) is 2.82. The van der Waals surface area contributed by atoms with E-state index in [0.29, 0.717) is 5.92 Å². The van der Waals surface area contributed by atoms with Crippen molar-refractivity contribution in [2.45, 2.75) is 66.3 Å². The van der Waals surface area contributed by atoms with Gasteiger partial charge in [0.05, 0.1) is 6.42 Å². The van der Waals surface area contributed by atoms with Crippen molar-refractivity contribution in [1.82, 2.24) is 5.32 Å². The average molecular weight is 257 g/mol. The molecule has 2 N–H and O–H groups in total. The first-order valence-corrected chi connectivity index (χ1v) is 6.67. The molecule has 0 aliphatic carbocycles. The van der Waals surface area contributed by atoms with Gasteiger partial charge in [-0.2, -0.15) is 0 Å². The molecule has 106 valence electrons. The summed E-state index contributed by atoms with van der Waals surface area (Å²) in [6.07, 6.45) is 2.33. The first-order chi connectivity index (χ1) is 8.16. The molecule has 1 amide bonds. The summed E-state index contributed by atoms with van der Waals surface area (Å²) in [4.78, 5) is 22.5. The van der Waals surface area contributed by atoms with Gasteiger partial charge in [0.2, 0.25) is 5.91 Å². The molecule has 0 saturated heterocycles. The zero-order chi connectivity index (χ0) is 14.3. The Morgan fingerprint density at radius 3 is 2.22 bits per heavy atom. The first kappa shape index (κ1) is 16.9. The molecular formula is C14H27NO3. The Labute approximate surface area is 110 Å². The SMILES string of the molecule is CCC(C)CC(C)NC(=O)CC(C)(C)CC(=O)O. The summed E-state index contributed by atoms with van der Waals surface area (Å²) in [6.45, 7) is 9.90. The largest absolute Gasteiger partial charge is 0.481 e. The maximum absolute atomic E-state index is 11.8. The molecule has 2 atom stereocenters. The van der Waals surface area contributed by atoms with Gasteiger partial charge in [-0.1, -0.05) is 34.1 Å². The molecular weight excluding hydrogens is 230 g/mol. The molecule has 0 rings (SSSR count). The van der Waals surface area contributed by atoms with Crippen LogP contribution in [0.3, 0.4) is 0 Å². The fourth-order valence-electron chi connectivity index (χ4n) is 2.06. The maximum Gasteiger partial charge on any atom is 0.303 e. The lowest BCUT2D eigenvalue weighted by molar-refractivity contribution is -0.139. The van der Waals surface area contributed by atoms with Gasteiger partial charge in [0.1, 0.15) is 0 Å². The molecule has 0 spiro atoms. The number of rotatable bonds is 8. The number of hydrogen-bond acceptors (Lipinski definition) is 2. The van der Waals surface area contributed by atoms with Crippen molar-refractivity contribution in [1.29, 1.82) is 0 Å². The smallest absolute Gasteiger partial charge is 0.303 e. The highest BCUT2D eigenvalue weighted by Gasteiger charge is 2.25. The van der Waals surface area contributed by atoms with Crippen molar-refractivity contribution in [3.05, 3.63) is 0 Å². The molecule has 2 unspecified atom stereocenters. The second kappa shape index (κ2) is 7.39. The lowest BCUT2D eigenvalue weighted by atomic mass is 9.85. The number of aliphatic carboxylic acids is 1. The number of carboxylic acids is 1. The van der Waals surface area contributed by atoms with Crippen LogP contribution in [0.4, 0.5) is 0 Å². The van der Waals surface area contributed by atoms with Gasteiger partial charge >= 0.3 is 5.97 Å². The number of carbonyl (C=O) groups is 2. The molecule has 18 heavy (non-hydrogen) atoms. The highest BCUT2D eigenvalue weighted by atomic mass is 16.4. The van der Waals surface area contributed by atoms with E-state index in [1.54, 1.807) is 13.8 Å². The van der Waals surface area contributed by atoms with E-state index in [2.05, 4.69) is 19.2 Å². The van der Waals surface area contributed by atoms with Gasteiger partial charge in [-0.3, -0.25) is 9.59 Å². The molecule has 0 radical (unpaired) electrons. The van der Waals surface area contributed by atoms with E-state index in [1.807, 2.05) is 6.92 Å². The van der Waals surface area contributed by atoms with Crippen LogP contribution in [0.25, 0.3) is 0 Å². The van der Waals surface area contributed by atoms with Gasteiger partial charge < -0.3 is 10.4 Å². The van der Waals surface area contributed by atoms with Gasteiger partial charge in [-0.15, -0.1) is 0 Å². The van der Waals surface area contributed by atoms with E-state index < -0.39 is 11.4 Å². The van der Waals surface area contributed by atoms with Crippen molar-refractivity contribution < 1.29 is 14.7 Å². The molecule has 0 fully saturated rings. The van der Waals surface area contributed by atoms with Crippen LogP contribution >= 0.6 is 0 Å². The summed E-state index contributed by atoms with van der Waals surface area (Å²) >= 11 is 0. The topological polar surface area (TPSA) is 66.4 Å². The summed E-state index contributed by atoms with van der Waals surface area (Å²) < 4.78 is 0. The lowest BCUT2D eigenvalue weighted by Gasteiger charge is -2.24. The Morgan fingerprint density at radius 1 is 1.22 bits per heavy atom. The first-order valence-electron chi connectivity index (χ1n) is 6.67. The second-order valence-corrected chi connectivity index (χ2v) is 6.13. The van der Waals surface area contributed by atoms with E-state index in [9.17, 15) is 9.59 Å². The van der Waals surface area contributed by atoms with Gasteiger partial charge in [0.25, 0.3) is 0 Å². The fraction of sp³-hybridized carbons (Fsp3) is 0.857. The summed E-state index contributed by atoms with van der Waals surface area (Å²) in [7, 11) is 0. The molecule has 0 aromatic heterocycles. The minimum Gasteiger partial charge on any atom is -0.481 e. The van der Waals surface area contributed by atoms with Crippen LogP contribution in [0, 0.1) is 11.3 Å². The van der Waals surface area contributed by atoms with E-state index in [-0.39, 0.29) is 24.8 Å². The minimum atomic E-state index is -0.861. The average Bonchev–Trinajstić information content (AvgIpc) is 2.13. The summed E-state index contributed by atoms with van der Waals surface area (Å²) in [5, 5.41) is 11.7. The normalized spacial score (nSPS) is 14.9. The minimum absolute atomic E-state index is 0.0141. The zero-order valence-corrected chi connectivity index (χ0v) is 12.2. The summed E-state index contributed by atoms with van der Waals surface area (Å²) in [5.74, 6) is -0.329. The summed E-state index contributed by atoms with van der Waals surface area (Å²) in [6, 6.07) is 0.146. The van der Waals surface area contributed by atoms with Crippen LogP contribution < -0.4 is 5.32 Å². The van der Waals surface area contributed by atoms with Crippen LogP contribution in [0.2, 0.25) is 0 Å². The zero-order valence-electron chi connectivity index (χ0n) is 12.2. The second-order valence-electron chi connectivity index (χ2n) is 6.13. The van der Waals surface area contributed by atoms with Crippen LogP contribution in [-0.4, -0.2) is 23.0 Å². The van der Waals surface area contributed by atoms with Gasteiger partial charge in [-0.05, 0) is 24.7 Å². The molecule has 0 aliphatic heterocycles. The quantitative estimate of drug-likeness (QED) is 0.702. The third-order valence-electron chi connectivity index (χ3n) is 3.13. The number of nitrogens with one attached hydrogen (secondary N) is 1. The standard InChI is InChI=1S/C14H27NO3/c1-6-10(2)7-11(3)15-12(16)8-14(4,5)9-13(17)18/h10-11H,6-9H2,1-5H3,(H,15,16)(H,17,18). The molecule has 0 aliphatic rings. The summed E-state index contributed by atoms with van der Waals surface area (Å²) in [5.41, 5.74) is -0.494. The number of amides is 1. The van der Waals surface area contributed by atoms with Crippen molar-refractivity contribution in [2.75, 3.05) is 0 Å². The third-order valence-corrected chi connectivity index (χ3v) is 3.13. The van der Waals surface area contributed by atoms with E-state index >= 15 is 0 Å². The Kier molecular flexibility index (Phi) is 6.96. The van der Waals surface area contributed by atoms with Crippen molar-refractivity contribution in [3.8, 4) is 0 Å². The van der Waals surface area contributed by atoms with Crippen LogP contribution in [0.5, 0.6) is 0 Å². The Hall–Kier alpha value is -1.06. The van der Waals surface area contributed by atoms with Crippen molar-refractivity contribution in [3.63, 3.8) is 0 Å². The van der Waals surface area contributed by atoms with E-state index in [4.69, 9.17) is 5.11 Å². The van der Waals surface area contributed by atoms with Crippen LogP contribution in [-0.2, 0) is 9.59 Å².